The van der Waals surface area contributed by atoms with Gasteiger partial charge in [-0.25, -0.2) is 0 Å². The number of nitrogens with zero attached hydrogens (tertiary/aromatic N) is 4. The van der Waals surface area contributed by atoms with Crippen LogP contribution in [0.15, 0.2) is 81.0 Å². The molecule has 166 valence electrons. The fraction of sp³-hybridized carbons (Fsp3) is 0.167. The van der Waals surface area contributed by atoms with Crippen molar-refractivity contribution in [2.45, 2.75) is 0 Å². The minimum atomic E-state index is -0.440. The highest BCUT2D eigenvalue weighted by atomic mass is 32.2. The van der Waals surface area contributed by atoms with E-state index in [9.17, 15) is 14.9 Å². The van der Waals surface area contributed by atoms with E-state index in [0.29, 0.717) is 27.2 Å². The lowest BCUT2D eigenvalue weighted by Gasteiger charge is -2.36. The average Bonchev–Trinajstić information content (AvgIpc) is 3.47. The Morgan fingerprint density at radius 1 is 0.939 bits per heavy atom. The molecule has 1 amide bonds. The van der Waals surface area contributed by atoms with Crippen LogP contribution >= 0.6 is 11.8 Å². The van der Waals surface area contributed by atoms with Crippen LogP contribution < -0.4 is 4.90 Å². The molecule has 0 N–H and O–H groups in total. The summed E-state index contributed by atoms with van der Waals surface area (Å²) in [6.07, 6.45) is 1.64. The van der Waals surface area contributed by atoms with Gasteiger partial charge in [0.15, 0.2) is 5.17 Å². The molecule has 3 aromatic rings. The zero-order chi connectivity index (χ0) is 22.8. The first-order chi connectivity index (χ1) is 16.1. The molecule has 2 aromatic carbocycles. The summed E-state index contributed by atoms with van der Waals surface area (Å²) < 4.78 is 5.80. The van der Waals surface area contributed by atoms with E-state index in [1.807, 2.05) is 18.2 Å². The third-order valence-corrected chi connectivity index (χ3v) is 6.59. The molecule has 1 aromatic heterocycles. The third kappa shape index (κ3) is 4.40. The fourth-order valence-corrected chi connectivity index (χ4v) is 4.82. The number of rotatable bonds is 4. The molecule has 8 nitrogen and oxygen atoms in total. The summed E-state index contributed by atoms with van der Waals surface area (Å²) in [7, 11) is 0. The maximum Gasteiger partial charge on any atom is 0.286 e. The molecule has 0 spiro atoms. The lowest BCUT2D eigenvalue weighted by atomic mass is 10.1. The van der Waals surface area contributed by atoms with Crippen LogP contribution in [0, 0.1) is 10.1 Å². The first-order valence-corrected chi connectivity index (χ1v) is 11.3. The van der Waals surface area contributed by atoms with Gasteiger partial charge in [0.25, 0.3) is 11.6 Å². The predicted octanol–water partition coefficient (Wildman–Crippen LogP) is 4.65. The number of furan rings is 1. The van der Waals surface area contributed by atoms with Crippen LogP contribution in [0.3, 0.4) is 0 Å². The summed E-state index contributed by atoms with van der Waals surface area (Å²) in [5.41, 5.74) is 1.56. The Bertz CT molecular complexity index is 1260. The van der Waals surface area contributed by atoms with Crippen LogP contribution in [-0.4, -0.2) is 47.1 Å². The smallest absolute Gasteiger partial charge is 0.286 e. The standard InChI is InChI=1S/C24H20N4O4S/c29-23-22(16-18-10-11-21(32-18)19-8-4-5-9-20(19)28(30)31)33-24(25-23)27-14-12-26(13-15-27)17-6-2-1-3-7-17/h1-11,16H,12-15H2/b22-16-. The van der Waals surface area contributed by atoms with Crippen molar-refractivity contribution in [3.05, 3.63) is 87.5 Å². The first kappa shape index (κ1) is 21.0. The van der Waals surface area contributed by atoms with Gasteiger partial charge in [-0.05, 0) is 42.1 Å². The zero-order valence-electron chi connectivity index (χ0n) is 17.6. The second kappa shape index (κ2) is 8.95. The molecule has 1 saturated heterocycles. The second-order valence-electron chi connectivity index (χ2n) is 7.60. The predicted molar refractivity (Wildman–Crippen MR) is 129 cm³/mol. The van der Waals surface area contributed by atoms with Gasteiger partial charge in [-0.3, -0.25) is 14.9 Å². The van der Waals surface area contributed by atoms with Crippen LogP contribution in [0.5, 0.6) is 0 Å². The molecule has 2 aliphatic rings. The van der Waals surface area contributed by atoms with E-state index in [2.05, 4.69) is 26.9 Å². The normalized spacial score (nSPS) is 17.5. The Balaban J connectivity index is 1.26. The lowest BCUT2D eigenvalue weighted by Crippen LogP contribution is -2.47. The van der Waals surface area contributed by atoms with Gasteiger partial charge in [0.2, 0.25) is 0 Å². The molecule has 0 unspecified atom stereocenters. The fourth-order valence-electron chi connectivity index (χ4n) is 3.87. The topological polar surface area (TPSA) is 92.2 Å². The molecule has 0 atom stereocenters. The number of carbonyl (C=O) groups excluding carboxylic acids is 1. The Morgan fingerprint density at radius 3 is 2.39 bits per heavy atom. The van der Waals surface area contributed by atoms with Crippen LogP contribution in [0.2, 0.25) is 0 Å². The number of thioether (sulfide) groups is 1. The van der Waals surface area contributed by atoms with Crippen molar-refractivity contribution in [2.75, 3.05) is 31.1 Å². The SMILES string of the molecule is O=C1N=C(N2CCN(c3ccccc3)CC2)S/C1=C\c1ccc(-c2ccccc2[N+](=O)[O-])o1. The van der Waals surface area contributed by atoms with Gasteiger partial charge in [0.1, 0.15) is 11.5 Å². The molecule has 0 aliphatic carbocycles. The number of carbonyl (C=O) groups is 1. The van der Waals surface area contributed by atoms with Gasteiger partial charge in [-0.2, -0.15) is 4.99 Å². The minimum absolute atomic E-state index is 0.0300. The highest BCUT2D eigenvalue weighted by molar-refractivity contribution is 8.18. The molecule has 0 radical (unpaired) electrons. The third-order valence-electron chi connectivity index (χ3n) is 5.55. The molecule has 3 heterocycles. The van der Waals surface area contributed by atoms with Crippen molar-refractivity contribution in [1.82, 2.24) is 4.90 Å². The van der Waals surface area contributed by atoms with Gasteiger partial charge in [-0.1, -0.05) is 30.3 Å². The van der Waals surface area contributed by atoms with Crippen molar-refractivity contribution in [1.29, 1.82) is 0 Å². The number of nitro benzene ring substituents is 1. The van der Waals surface area contributed by atoms with Crippen molar-refractivity contribution in [3.8, 4) is 11.3 Å². The molecular formula is C24H20N4O4S. The number of hydrogen-bond donors (Lipinski definition) is 0. The Labute approximate surface area is 194 Å². The number of amides is 1. The number of benzene rings is 2. The van der Waals surface area contributed by atoms with Gasteiger partial charge in [0.05, 0.1) is 15.4 Å². The number of para-hydroxylation sites is 2. The van der Waals surface area contributed by atoms with E-state index < -0.39 is 4.92 Å². The molecule has 5 rings (SSSR count). The second-order valence-corrected chi connectivity index (χ2v) is 8.61. The van der Waals surface area contributed by atoms with Gasteiger partial charge >= 0.3 is 0 Å². The summed E-state index contributed by atoms with van der Waals surface area (Å²) in [5.74, 6) is 0.524. The van der Waals surface area contributed by atoms with Crippen molar-refractivity contribution >= 4 is 40.3 Å². The van der Waals surface area contributed by atoms with Crippen LogP contribution in [0.4, 0.5) is 11.4 Å². The first-order valence-electron chi connectivity index (χ1n) is 10.5. The molecule has 1 fully saturated rings. The number of anilines is 1. The number of amidine groups is 1. The summed E-state index contributed by atoms with van der Waals surface area (Å²) >= 11 is 1.33. The highest BCUT2D eigenvalue weighted by Crippen LogP contribution is 2.34. The van der Waals surface area contributed by atoms with Gasteiger partial charge in [-0.15, -0.1) is 0 Å². The highest BCUT2D eigenvalue weighted by Gasteiger charge is 2.29. The van der Waals surface area contributed by atoms with Crippen LogP contribution in [-0.2, 0) is 4.79 Å². The monoisotopic (exact) mass is 460 g/mol. The molecule has 0 bridgehead atoms. The number of hydrogen-bond acceptors (Lipinski definition) is 7. The van der Waals surface area contributed by atoms with E-state index in [1.165, 1.54) is 23.5 Å². The minimum Gasteiger partial charge on any atom is -0.456 e. The van der Waals surface area contributed by atoms with E-state index >= 15 is 0 Å². The largest absolute Gasteiger partial charge is 0.456 e. The molecular weight excluding hydrogens is 440 g/mol. The Hall–Kier alpha value is -3.85. The summed E-state index contributed by atoms with van der Waals surface area (Å²) in [6, 6.07) is 20.0. The van der Waals surface area contributed by atoms with E-state index in [4.69, 9.17) is 4.42 Å². The van der Waals surface area contributed by atoms with Crippen molar-refractivity contribution < 1.29 is 14.1 Å². The quantitative estimate of drug-likeness (QED) is 0.318. The Morgan fingerprint density at radius 2 is 1.64 bits per heavy atom. The number of piperazine rings is 1. The average molecular weight is 461 g/mol. The molecule has 33 heavy (non-hydrogen) atoms. The van der Waals surface area contributed by atoms with Crippen molar-refractivity contribution in [2.24, 2.45) is 4.99 Å². The maximum absolute atomic E-state index is 12.5. The maximum atomic E-state index is 12.5. The molecule has 2 aliphatic heterocycles. The van der Waals surface area contributed by atoms with Crippen LogP contribution in [0.1, 0.15) is 5.76 Å². The zero-order valence-corrected chi connectivity index (χ0v) is 18.4. The summed E-state index contributed by atoms with van der Waals surface area (Å²) in [4.78, 5) is 32.5. The molecule has 9 heteroatoms. The Kier molecular flexibility index (Phi) is 5.70. The van der Waals surface area contributed by atoms with Gasteiger partial charge < -0.3 is 14.2 Å². The van der Waals surface area contributed by atoms with Gasteiger partial charge in [0, 0.05) is 44.0 Å². The lowest BCUT2D eigenvalue weighted by molar-refractivity contribution is -0.384. The van der Waals surface area contributed by atoms with Crippen LogP contribution in [0.25, 0.3) is 17.4 Å². The van der Waals surface area contributed by atoms with E-state index in [0.717, 1.165) is 26.2 Å². The summed E-state index contributed by atoms with van der Waals surface area (Å²) in [5, 5.41) is 12.0. The number of nitro groups is 1. The number of aliphatic imine (C=N–C) groups is 1. The van der Waals surface area contributed by atoms with Crippen molar-refractivity contribution in [3.63, 3.8) is 0 Å². The van der Waals surface area contributed by atoms with E-state index in [1.54, 1.807) is 36.4 Å². The summed E-state index contributed by atoms with van der Waals surface area (Å²) in [6.45, 7) is 3.27. The van der Waals surface area contributed by atoms with E-state index in [-0.39, 0.29) is 11.6 Å². The molecule has 0 saturated carbocycles.